The molecule has 0 atom stereocenters. The number of rotatable bonds is 3. The summed E-state index contributed by atoms with van der Waals surface area (Å²) in [6, 6.07) is 7.31. The third kappa shape index (κ3) is 3.39. The first-order chi connectivity index (χ1) is 11.2. The van der Waals surface area contributed by atoms with E-state index in [-0.39, 0.29) is 11.7 Å². The molecule has 2 heterocycles. The van der Waals surface area contributed by atoms with Gasteiger partial charge in [0.05, 0.1) is 7.11 Å². The number of aromatic nitrogens is 2. The molecule has 6 nitrogen and oxygen atoms in total. The Labute approximate surface area is 133 Å². The van der Waals surface area contributed by atoms with Crippen molar-refractivity contribution in [3.63, 3.8) is 0 Å². The van der Waals surface area contributed by atoms with E-state index in [1.54, 1.807) is 24.3 Å². The maximum atomic E-state index is 12.9. The maximum absolute atomic E-state index is 12.9. The molecule has 1 amide bonds. The van der Waals surface area contributed by atoms with Crippen LogP contribution in [0.15, 0.2) is 36.5 Å². The third-order valence-electron chi connectivity index (χ3n) is 3.77. The average Bonchev–Trinajstić information content (AvgIpc) is 2.62. The van der Waals surface area contributed by atoms with Gasteiger partial charge < -0.3 is 14.5 Å². The summed E-state index contributed by atoms with van der Waals surface area (Å²) >= 11 is 0. The van der Waals surface area contributed by atoms with Crippen molar-refractivity contribution in [3.05, 3.63) is 47.9 Å². The van der Waals surface area contributed by atoms with Gasteiger partial charge in [-0.15, -0.1) is 0 Å². The highest BCUT2D eigenvalue weighted by Crippen LogP contribution is 2.16. The van der Waals surface area contributed by atoms with Crippen molar-refractivity contribution in [1.29, 1.82) is 0 Å². The number of piperazine rings is 1. The van der Waals surface area contributed by atoms with Gasteiger partial charge in [0.2, 0.25) is 11.8 Å². The van der Waals surface area contributed by atoms with Crippen molar-refractivity contribution in [1.82, 2.24) is 14.9 Å². The highest BCUT2D eigenvalue weighted by molar-refractivity contribution is 5.94. The summed E-state index contributed by atoms with van der Waals surface area (Å²) in [6.45, 7) is 2.41. The quantitative estimate of drug-likeness (QED) is 0.860. The van der Waals surface area contributed by atoms with Gasteiger partial charge >= 0.3 is 0 Å². The van der Waals surface area contributed by atoms with Crippen molar-refractivity contribution < 1.29 is 13.9 Å². The van der Waals surface area contributed by atoms with E-state index in [2.05, 4.69) is 9.97 Å². The van der Waals surface area contributed by atoms with Crippen molar-refractivity contribution in [2.24, 2.45) is 0 Å². The zero-order chi connectivity index (χ0) is 16.2. The number of benzene rings is 1. The van der Waals surface area contributed by atoms with Crippen LogP contribution in [0, 0.1) is 5.82 Å². The smallest absolute Gasteiger partial charge is 0.253 e. The van der Waals surface area contributed by atoms with Gasteiger partial charge in [-0.05, 0) is 24.3 Å². The van der Waals surface area contributed by atoms with E-state index in [4.69, 9.17) is 4.74 Å². The van der Waals surface area contributed by atoms with Crippen LogP contribution in [0.25, 0.3) is 0 Å². The molecular weight excluding hydrogens is 299 g/mol. The second-order valence-corrected chi connectivity index (χ2v) is 5.19. The van der Waals surface area contributed by atoms with E-state index in [0.29, 0.717) is 43.6 Å². The number of carbonyl (C=O) groups is 1. The lowest BCUT2D eigenvalue weighted by Crippen LogP contribution is -2.49. The molecule has 3 rings (SSSR count). The summed E-state index contributed by atoms with van der Waals surface area (Å²) in [4.78, 5) is 24.7. The minimum absolute atomic E-state index is 0.0868. The Morgan fingerprint density at radius 3 is 2.48 bits per heavy atom. The maximum Gasteiger partial charge on any atom is 0.253 e. The largest absolute Gasteiger partial charge is 0.481 e. The summed E-state index contributed by atoms with van der Waals surface area (Å²) in [5.74, 6) is 0.677. The molecular formula is C16H17FN4O2. The van der Waals surface area contributed by atoms with E-state index in [1.165, 1.54) is 24.3 Å². The van der Waals surface area contributed by atoms with Crippen molar-refractivity contribution in [3.8, 4) is 5.88 Å². The van der Waals surface area contributed by atoms with Gasteiger partial charge in [-0.1, -0.05) is 0 Å². The lowest BCUT2D eigenvalue weighted by Gasteiger charge is -2.34. The Kier molecular flexibility index (Phi) is 4.36. The molecule has 23 heavy (non-hydrogen) atoms. The molecule has 1 aromatic heterocycles. The Balaban J connectivity index is 1.63. The molecule has 0 N–H and O–H groups in total. The molecule has 0 bridgehead atoms. The third-order valence-corrected chi connectivity index (χ3v) is 3.77. The number of halogens is 1. The Hall–Kier alpha value is -2.70. The van der Waals surface area contributed by atoms with E-state index in [0.717, 1.165) is 0 Å². The first-order valence-electron chi connectivity index (χ1n) is 7.34. The molecule has 0 unspecified atom stereocenters. The molecule has 1 aliphatic heterocycles. The molecule has 0 radical (unpaired) electrons. The SMILES string of the molecule is COc1ccnc(N2CCN(C(=O)c3ccc(F)cc3)CC2)n1. The van der Waals surface area contributed by atoms with Crippen LogP contribution in [0.1, 0.15) is 10.4 Å². The van der Waals surface area contributed by atoms with Crippen LogP contribution < -0.4 is 9.64 Å². The van der Waals surface area contributed by atoms with E-state index in [9.17, 15) is 9.18 Å². The molecule has 1 aromatic carbocycles. The van der Waals surface area contributed by atoms with Gasteiger partial charge in [-0.25, -0.2) is 9.37 Å². The molecule has 120 valence electrons. The zero-order valence-electron chi connectivity index (χ0n) is 12.8. The predicted molar refractivity (Wildman–Crippen MR) is 83.1 cm³/mol. The molecule has 2 aromatic rings. The van der Waals surface area contributed by atoms with E-state index < -0.39 is 0 Å². The summed E-state index contributed by atoms with van der Waals surface area (Å²) in [6.07, 6.45) is 1.65. The number of hydrogen-bond donors (Lipinski definition) is 0. The van der Waals surface area contributed by atoms with Gasteiger partial charge in [0.25, 0.3) is 5.91 Å². The standard InChI is InChI=1S/C16H17FN4O2/c1-23-14-6-7-18-16(19-14)21-10-8-20(9-11-21)15(22)12-2-4-13(17)5-3-12/h2-7H,8-11H2,1H3. The number of amides is 1. The summed E-state index contributed by atoms with van der Waals surface area (Å²) in [7, 11) is 1.56. The van der Waals surface area contributed by atoms with Crippen LogP contribution in [0.3, 0.4) is 0 Å². The highest BCUT2D eigenvalue weighted by atomic mass is 19.1. The van der Waals surface area contributed by atoms with E-state index >= 15 is 0 Å². The van der Waals surface area contributed by atoms with Gasteiger partial charge in [-0.2, -0.15) is 4.98 Å². The molecule has 7 heteroatoms. The minimum atomic E-state index is -0.346. The van der Waals surface area contributed by atoms with Crippen molar-refractivity contribution in [2.45, 2.75) is 0 Å². The van der Waals surface area contributed by atoms with Crippen LogP contribution in [0.2, 0.25) is 0 Å². The molecule has 1 aliphatic rings. The number of hydrogen-bond acceptors (Lipinski definition) is 5. The Bertz CT molecular complexity index is 685. The first-order valence-corrected chi connectivity index (χ1v) is 7.34. The van der Waals surface area contributed by atoms with Crippen LogP contribution in [-0.2, 0) is 0 Å². The molecule has 0 saturated carbocycles. The number of methoxy groups -OCH3 is 1. The second-order valence-electron chi connectivity index (χ2n) is 5.19. The Morgan fingerprint density at radius 1 is 1.13 bits per heavy atom. The summed E-state index contributed by atoms with van der Waals surface area (Å²) in [5.41, 5.74) is 0.498. The fraction of sp³-hybridized carbons (Fsp3) is 0.312. The monoisotopic (exact) mass is 316 g/mol. The van der Waals surface area contributed by atoms with Crippen molar-refractivity contribution >= 4 is 11.9 Å². The minimum Gasteiger partial charge on any atom is -0.481 e. The average molecular weight is 316 g/mol. The summed E-state index contributed by atoms with van der Waals surface area (Å²) < 4.78 is 18.0. The summed E-state index contributed by atoms with van der Waals surface area (Å²) in [5, 5.41) is 0. The molecule has 0 spiro atoms. The first kappa shape index (κ1) is 15.2. The van der Waals surface area contributed by atoms with E-state index in [1.807, 2.05) is 4.90 Å². The fourth-order valence-corrected chi connectivity index (χ4v) is 2.48. The predicted octanol–water partition coefficient (Wildman–Crippen LogP) is 1.59. The lowest BCUT2D eigenvalue weighted by molar-refractivity contribution is 0.0746. The molecule has 1 saturated heterocycles. The van der Waals surface area contributed by atoms with Crippen LogP contribution in [0.5, 0.6) is 5.88 Å². The number of carbonyl (C=O) groups excluding carboxylic acids is 1. The van der Waals surface area contributed by atoms with Gasteiger partial charge in [0, 0.05) is 44.0 Å². The number of nitrogens with zero attached hydrogens (tertiary/aromatic N) is 4. The lowest BCUT2D eigenvalue weighted by atomic mass is 10.2. The zero-order valence-corrected chi connectivity index (χ0v) is 12.8. The van der Waals surface area contributed by atoms with Gasteiger partial charge in [0.15, 0.2) is 0 Å². The van der Waals surface area contributed by atoms with Crippen molar-refractivity contribution in [2.75, 3.05) is 38.2 Å². The normalized spacial score (nSPS) is 14.7. The van der Waals surface area contributed by atoms with Gasteiger partial charge in [0.1, 0.15) is 5.82 Å². The molecule has 0 aliphatic carbocycles. The van der Waals surface area contributed by atoms with Gasteiger partial charge in [-0.3, -0.25) is 4.79 Å². The van der Waals surface area contributed by atoms with Crippen LogP contribution >= 0.6 is 0 Å². The fourth-order valence-electron chi connectivity index (χ4n) is 2.48. The number of anilines is 1. The second kappa shape index (κ2) is 6.60. The molecule has 1 fully saturated rings. The van der Waals surface area contributed by atoms with Crippen LogP contribution in [-0.4, -0.2) is 54.1 Å². The topological polar surface area (TPSA) is 58.6 Å². The highest BCUT2D eigenvalue weighted by Gasteiger charge is 2.23. The van der Waals surface area contributed by atoms with Crippen LogP contribution in [0.4, 0.5) is 10.3 Å². The Morgan fingerprint density at radius 2 is 1.83 bits per heavy atom. The number of ether oxygens (including phenoxy) is 1.